The van der Waals surface area contributed by atoms with Gasteiger partial charge in [-0.15, -0.1) is 0 Å². The van der Waals surface area contributed by atoms with Crippen LogP contribution in [-0.2, 0) is 22.7 Å². The minimum Gasteiger partial charge on any atom is -0.396 e. The molecule has 0 unspecified atom stereocenters. The lowest BCUT2D eigenvalue weighted by Crippen LogP contribution is -2.49. The van der Waals surface area contributed by atoms with Gasteiger partial charge < -0.3 is 39.8 Å². The zero-order chi connectivity index (χ0) is 47.6. The number of aliphatic hydroxyl groups is 2. The molecule has 4 N–H and O–H groups in total. The second-order valence-corrected chi connectivity index (χ2v) is 18.6. The van der Waals surface area contributed by atoms with E-state index in [0.29, 0.717) is 22.5 Å². The Balaban J connectivity index is 0.000000170. The Morgan fingerprint density at radius 2 is 1.01 bits per heavy atom. The molecule has 4 amide bonds. The molecule has 8 atom stereocenters. The Kier molecular flexibility index (Phi) is 13.6. The van der Waals surface area contributed by atoms with Gasteiger partial charge in [-0.25, -0.2) is 9.97 Å². The van der Waals surface area contributed by atoms with Gasteiger partial charge in [0.2, 0.25) is 11.8 Å². The average Bonchev–Trinajstić information content (AvgIpc) is 4.16. The van der Waals surface area contributed by atoms with Gasteiger partial charge in [0.15, 0.2) is 0 Å². The molecule has 68 heavy (non-hydrogen) atoms. The summed E-state index contributed by atoms with van der Waals surface area (Å²) in [6.07, 6.45) is 23.9. The van der Waals surface area contributed by atoms with Gasteiger partial charge in [0.1, 0.15) is 11.4 Å². The molecule has 8 heterocycles. The number of pyridine rings is 2. The second kappa shape index (κ2) is 19.9. The van der Waals surface area contributed by atoms with Crippen LogP contribution in [0.2, 0.25) is 0 Å². The van der Waals surface area contributed by atoms with Gasteiger partial charge in [-0.2, -0.15) is 0 Å². The zero-order valence-corrected chi connectivity index (χ0v) is 38.3. The number of nitrogens with one attached hydrogen (secondary N) is 2. The highest BCUT2D eigenvalue weighted by atomic mass is 16.3. The third-order valence-corrected chi connectivity index (χ3v) is 14.9. The molecule has 4 aromatic rings. The van der Waals surface area contributed by atoms with Crippen LogP contribution in [0.4, 0.5) is 0 Å². The van der Waals surface area contributed by atoms with E-state index in [9.17, 15) is 39.0 Å². The van der Waals surface area contributed by atoms with E-state index in [4.69, 9.17) is 0 Å². The predicted octanol–water partition coefficient (Wildman–Crippen LogP) is 3.07. The monoisotopic (exact) mass is 926 g/mol. The SMILES string of the molecule is C/C=C/c1ccc2n(c1=O)C[C@H]1[C@H](CO)[C@@H](C(=O)NC3CCCC3)[C@@H]2N1C(=O)c1cnccn1.C/C=C\c1ccc2n(c1=O)C[C@H]1[C@H](CO)[C@@H](C(=O)NC3CCCC3)[C@@H]2N1C(=O)c1cnccn1. The lowest BCUT2D eigenvalue weighted by molar-refractivity contribution is -0.128. The highest BCUT2D eigenvalue weighted by Gasteiger charge is 2.59. The summed E-state index contributed by atoms with van der Waals surface area (Å²) >= 11 is 0. The third kappa shape index (κ3) is 8.37. The fourth-order valence-corrected chi connectivity index (χ4v) is 11.8. The fourth-order valence-electron chi connectivity index (χ4n) is 11.8. The third-order valence-electron chi connectivity index (χ3n) is 14.9. The van der Waals surface area contributed by atoms with Crippen LogP contribution < -0.4 is 21.8 Å². The summed E-state index contributed by atoms with van der Waals surface area (Å²) in [7, 11) is 0. The van der Waals surface area contributed by atoms with E-state index in [2.05, 4.69) is 30.6 Å². The molecule has 6 aliphatic rings. The van der Waals surface area contributed by atoms with Crippen molar-refractivity contribution < 1.29 is 29.4 Å². The molecule has 2 saturated carbocycles. The predicted molar refractivity (Wildman–Crippen MR) is 249 cm³/mol. The Morgan fingerprint density at radius 3 is 1.35 bits per heavy atom. The van der Waals surface area contributed by atoms with Gasteiger partial charge in [0, 0.05) is 97.5 Å². The lowest BCUT2D eigenvalue weighted by Gasteiger charge is -2.38. The Morgan fingerprint density at radius 1 is 0.618 bits per heavy atom. The van der Waals surface area contributed by atoms with Crippen molar-refractivity contribution in [3.8, 4) is 0 Å². The summed E-state index contributed by atoms with van der Waals surface area (Å²) in [5, 5.41) is 27.1. The van der Waals surface area contributed by atoms with Gasteiger partial charge in [-0.3, -0.25) is 38.7 Å². The summed E-state index contributed by atoms with van der Waals surface area (Å²) in [4.78, 5) is 101. The topological polar surface area (TPSA) is 235 Å². The van der Waals surface area contributed by atoms with Crippen molar-refractivity contribution in [2.75, 3.05) is 13.2 Å². The van der Waals surface area contributed by atoms with E-state index >= 15 is 0 Å². The highest BCUT2D eigenvalue weighted by Crippen LogP contribution is 2.50. The molecule has 0 radical (unpaired) electrons. The van der Waals surface area contributed by atoms with Crippen molar-refractivity contribution in [3.05, 3.63) is 128 Å². The summed E-state index contributed by atoms with van der Waals surface area (Å²) in [6, 6.07) is 4.93. The van der Waals surface area contributed by atoms with Crippen molar-refractivity contribution in [1.29, 1.82) is 0 Å². The molecule has 4 aromatic heterocycles. The molecule has 18 heteroatoms. The maximum atomic E-state index is 13.6. The summed E-state index contributed by atoms with van der Waals surface area (Å²) in [6.45, 7) is 3.58. The maximum Gasteiger partial charge on any atom is 0.274 e. The normalized spacial score (nSPS) is 26.1. The molecular formula is C50H58N10O8. The highest BCUT2D eigenvalue weighted by molar-refractivity contribution is 5.95. The van der Waals surface area contributed by atoms with Crippen LogP contribution >= 0.6 is 0 Å². The number of fused-ring (bicyclic) bond motifs is 8. The number of hydrogen-bond donors (Lipinski definition) is 4. The molecule has 10 rings (SSSR count). The summed E-state index contributed by atoms with van der Waals surface area (Å²) < 4.78 is 3.33. The van der Waals surface area contributed by atoms with Crippen molar-refractivity contribution in [2.24, 2.45) is 23.7 Å². The molecule has 2 saturated heterocycles. The van der Waals surface area contributed by atoms with Crippen LogP contribution in [0.1, 0.15) is 121 Å². The van der Waals surface area contributed by atoms with E-state index in [0.717, 1.165) is 51.4 Å². The van der Waals surface area contributed by atoms with E-state index in [1.54, 1.807) is 55.4 Å². The van der Waals surface area contributed by atoms with Gasteiger partial charge in [-0.05, 0) is 63.8 Å². The molecule has 0 spiro atoms. The minimum absolute atomic E-state index is 0.107. The fraction of sp³-hybridized carbons (Fsp3) is 0.480. The quantitative estimate of drug-likeness (QED) is 0.180. The van der Waals surface area contributed by atoms with E-state index in [1.165, 1.54) is 37.2 Å². The zero-order valence-electron chi connectivity index (χ0n) is 38.3. The lowest BCUT2D eigenvalue weighted by atomic mass is 9.86. The Labute approximate surface area is 393 Å². The van der Waals surface area contributed by atoms with E-state index in [-0.39, 0.29) is 84.5 Å². The maximum absolute atomic E-state index is 13.6. The smallest absolute Gasteiger partial charge is 0.274 e. The van der Waals surface area contributed by atoms with Crippen molar-refractivity contribution in [2.45, 2.75) is 115 Å². The first-order valence-corrected chi connectivity index (χ1v) is 23.8. The number of aliphatic hydroxyl groups excluding tert-OH is 2. The number of rotatable bonds is 10. The molecule has 4 fully saturated rings. The molecule has 18 nitrogen and oxygen atoms in total. The van der Waals surface area contributed by atoms with E-state index in [1.807, 2.05) is 26.0 Å². The average molecular weight is 927 g/mol. The van der Waals surface area contributed by atoms with Gasteiger partial charge >= 0.3 is 0 Å². The number of amides is 4. The number of allylic oxidation sites excluding steroid dienone is 2. The van der Waals surface area contributed by atoms with Crippen molar-refractivity contribution >= 4 is 35.8 Å². The molecule has 356 valence electrons. The Bertz CT molecular complexity index is 2530. The molecule has 4 aliphatic heterocycles. The molecule has 0 aromatic carbocycles. The van der Waals surface area contributed by atoms with Crippen LogP contribution in [0.5, 0.6) is 0 Å². The largest absolute Gasteiger partial charge is 0.396 e. The standard InChI is InChI=1S/2C25H29N5O4/c2*1-2-5-15-8-9-19-22-21(23(32)28-16-6-3-4-7-16)17(14-31)20(13-29(19)24(15)33)30(22)25(34)18-12-26-10-11-27-18/h2*2,5,8-12,16-17,20-22,31H,3-4,6-7,13-14H2,1H3,(H,28,32)/b5-2+;5-2-/t2*17-,20-,21+,22+/m00/s1. The van der Waals surface area contributed by atoms with Crippen LogP contribution in [0.3, 0.4) is 0 Å². The second-order valence-electron chi connectivity index (χ2n) is 18.6. The minimum atomic E-state index is -0.681. The van der Waals surface area contributed by atoms with Gasteiger partial charge in [0.05, 0.1) is 48.4 Å². The summed E-state index contributed by atoms with van der Waals surface area (Å²) in [5.74, 6) is -3.40. The van der Waals surface area contributed by atoms with E-state index < -0.39 is 47.8 Å². The number of aromatic nitrogens is 6. The first kappa shape index (κ1) is 46.5. The molecule has 4 bridgehead atoms. The van der Waals surface area contributed by atoms with Crippen molar-refractivity contribution in [1.82, 2.24) is 49.5 Å². The van der Waals surface area contributed by atoms with Crippen LogP contribution in [-0.4, -0.2) is 110 Å². The number of nitrogens with zero attached hydrogens (tertiary/aromatic N) is 8. The Hall–Kier alpha value is -6.66. The van der Waals surface area contributed by atoms with Crippen LogP contribution in [0.25, 0.3) is 12.2 Å². The summed E-state index contributed by atoms with van der Waals surface area (Å²) in [5.41, 5.74) is 2.33. The first-order valence-electron chi connectivity index (χ1n) is 23.8. The number of carbonyl (C=O) groups is 4. The van der Waals surface area contributed by atoms with Crippen LogP contribution in [0, 0.1) is 23.7 Å². The number of hydrogen-bond acceptors (Lipinski definition) is 12. The van der Waals surface area contributed by atoms with Gasteiger partial charge in [0.25, 0.3) is 22.9 Å². The van der Waals surface area contributed by atoms with Crippen LogP contribution in [0.15, 0.2) is 83.2 Å². The number of carbonyl (C=O) groups excluding carboxylic acids is 4. The molecule has 2 aliphatic carbocycles. The first-order chi connectivity index (χ1) is 33.1. The van der Waals surface area contributed by atoms with Crippen molar-refractivity contribution in [3.63, 3.8) is 0 Å². The van der Waals surface area contributed by atoms with Gasteiger partial charge in [-0.1, -0.05) is 50.0 Å². The molecular weight excluding hydrogens is 869 g/mol.